The Hall–Kier alpha value is -1.56. The maximum Gasteiger partial charge on any atom is 0.175 e. The van der Waals surface area contributed by atoms with Gasteiger partial charge in [-0.15, -0.1) is 0 Å². The van der Waals surface area contributed by atoms with Gasteiger partial charge in [-0.05, 0) is 24.3 Å². The molecule has 1 aromatic rings. The van der Waals surface area contributed by atoms with Crippen LogP contribution in [0.15, 0.2) is 34.3 Å². The first-order valence-corrected chi connectivity index (χ1v) is 6.76. The number of amidine groups is 1. The van der Waals surface area contributed by atoms with Gasteiger partial charge in [0, 0.05) is 19.2 Å². The average Bonchev–Trinajstić information content (AvgIpc) is 2.64. The van der Waals surface area contributed by atoms with Crippen molar-refractivity contribution in [1.29, 1.82) is 0 Å². The Bertz CT molecular complexity index is 520. The summed E-state index contributed by atoms with van der Waals surface area (Å²) in [5, 5.41) is 5.89. The van der Waals surface area contributed by atoms with Crippen LogP contribution in [0.5, 0.6) is 0 Å². The van der Waals surface area contributed by atoms with Gasteiger partial charge in [-0.3, -0.25) is 5.01 Å². The minimum Gasteiger partial charge on any atom is -0.386 e. The fourth-order valence-corrected chi connectivity index (χ4v) is 2.16. The van der Waals surface area contributed by atoms with Crippen molar-refractivity contribution in [1.82, 2.24) is 0 Å². The Kier molecular flexibility index (Phi) is 2.59. The van der Waals surface area contributed by atoms with Gasteiger partial charge in [-0.25, -0.2) is 8.42 Å². The van der Waals surface area contributed by atoms with E-state index < -0.39 is 9.84 Å². The highest BCUT2D eigenvalue weighted by Gasteiger charge is 2.14. The fourth-order valence-electron chi connectivity index (χ4n) is 1.53. The lowest BCUT2D eigenvalue weighted by Crippen LogP contribution is -2.11. The summed E-state index contributed by atoms with van der Waals surface area (Å²) in [6, 6.07) is 6.63. The Morgan fingerprint density at radius 2 is 1.94 bits per heavy atom. The van der Waals surface area contributed by atoms with Crippen molar-refractivity contribution in [2.24, 2.45) is 10.8 Å². The Morgan fingerprint density at radius 3 is 2.38 bits per heavy atom. The van der Waals surface area contributed by atoms with Gasteiger partial charge >= 0.3 is 0 Å². The molecular weight excluding hydrogens is 226 g/mol. The van der Waals surface area contributed by atoms with Crippen molar-refractivity contribution in [2.75, 3.05) is 17.8 Å². The molecule has 0 bridgehead atoms. The summed E-state index contributed by atoms with van der Waals surface area (Å²) in [7, 11) is -3.13. The average molecular weight is 239 g/mol. The van der Waals surface area contributed by atoms with Gasteiger partial charge in [0.1, 0.15) is 5.84 Å². The summed E-state index contributed by atoms with van der Waals surface area (Å²) in [6.07, 6.45) is 1.93. The summed E-state index contributed by atoms with van der Waals surface area (Å²) in [5.41, 5.74) is 6.43. The molecule has 1 aliphatic heterocycles. The van der Waals surface area contributed by atoms with Crippen molar-refractivity contribution >= 4 is 21.4 Å². The largest absolute Gasteiger partial charge is 0.386 e. The molecule has 0 saturated heterocycles. The second-order valence-electron chi connectivity index (χ2n) is 3.73. The molecule has 5 nitrogen and oxygen atoms in total. The maximum atomic E-state index is 11.3. The lowest BCUT2D eigenvalue weighted by atomic mass is 10.3. The smallest absolute Gasteiger partial charge is 0.175 e. The van der Waals surface area contributed by atoms with Crippen LogP contribution in [0.4, 0.5) is 5.69 Å². The molecule has 0 radical (unpaired) electrons. The molecule has 0 unspecified atom stereocenters. The quantitative estimate of drug-likeness (QED) is 0.818. The zero-order valence-electron chi connectivity index (χ0n) is 8.92. The second kappa shape index (κ2) is 3.79. The first-order chi connectivity index (χ1) is 7.47. The van der Waals surface area contributed by atoms with Crippen LogP contribution in [0.25, 0.3) is 0 Å². The zero-order chi connectivity index (χ0) is 11.8. The van der Waals surface area contributed by atoms with Crippen molar-refractivity contribution in [3.05, 3.63) is 24.3 Å². The van der Waals surface area contributed by atoms with E-state index in [1.165, 1.54) is 6.26 Å². The number of nitrogens with zero attached hydrogens (tertiary/aromatic N) is 2. The number of rotatable bonds is 2. The molecule has 2 N–H and O–H groups in total. The second-order valence-corrected chi connectivity index (χ2v) is 5.75. The van der Waals surface area contributed by atoms with E-state index in [9.17, 15) is 8.42 Å². The van der Waals surface area contributed by atoms with Crippen LogP contribution in [0.1, 0.15) is 6.42 Å². The van der Waals surface area contributed by atoms with Crippen molar-refractivity contribution in [3.63, 3.8) is 0 Å². The third-order valence-corrected chi connectivity index (χ3v) is 3.52. The maximum absolute atomic E-state index is 11.3. The molecule has 16 heavy (non-hydrogen) atoms. The number of nitrogens with two attached hydrogens (primary N) is 1. The molecule has 1 aromatic carbocycles. The standard InChI is InChI=1S/C10H13N3O2S/c1-16(14,15)9-4-2-8(3-5-9)13-7-6-10(11)12-13/h2-5H,6-7H2,1H3,(H2,11,12). The van der Waals surface area contributed by atoms with E-state index in [0.29, 0.717) is 10.7 Å². The molecule has 0 spiro atoms. The summed E-state index contributed by atoms with van der Waals surface area (Å²) >= 11 is 0. The van der Waals surface area contributed by atoms with Gasteiger partial charge in [-0.1, -0.05) is 0 Å². The number of benzene rings is 1. The van der Waals surface area contributed by atoms with Gasteiger partial charge in [-0.2, -0.15) is 5.10 Å². The van der Waals surface area contributed by atoms with E-state index in [2.05, 4.69) is 5.10 Å². The predicted molar refractivity (Wildman–Crippen MR) is 63.1 cm³/mol. The van der Waals surface area contributed by atoms with Gasteiger partial charge in [0.15, 0.2) is 9.84 Å². The molecule has 1 aliphatic rings. The third-order valence-electron chi connectivity index (χ3n) is 2.39. The van der Waals surface area contributed by atoms with Crippen molar-refractivity contribution in [2.45, 2.75) is 11.3 Å². The van der Waals surface area contributed by atoms with Gasteiger partial charge < -0.3 is 5.73 Å². The molecule has 0 saturated carbocycles. The molecule has 0 fully saturated rings. The normalized spacial score (nSPS) is 16.3. The molecule has 0 aliphatic carbocycles. The van der Waals surface area contributed by atoms with E-state index in [1.807, 2.05) is 0 Å². The minimum absolute atomic E-state index is 0.312. The fraction of sp³-hybridized carbons (Fsp3) is 0.300. The summed E-state index contributed by atoms with van der Waals surface area (Å²) in [5.74, 6) is 0.604. The number of sulfone groups is 1. The predicted octanol–water partition coefficient (Wildman–Crippen LogP) is 0.572. The molecule has 0 aromatic heterocycles. The van der Waals surface area contributed by atoms with Crippen LogP contribution in [0, 0.1) is 0 Å². The van der Waals surface area contributed by atoms with Crippen LogP contribution in [-0.4, -0.2) is 27.1 Å². The highest BCUT2D eigenvalue weighted by atomic mass is 32.2. The molecule has 1 heterocycles. The summed E-state index contributed by atoms with van der Waals surface area (Å²) < 4.78 is 22.5. The van der Waals surface area contributed by atoms with Gasteiger partial charge in [0.2, 0.25) is 0 Å². The van der Waals surface area contributed by atoms with Gasteiger partial charge in [0.05, 0.1) is 10.6 Å². The zero-order valence-corrected chi connectivity index (χ0v) is 9.74. The van der Waals surface area contributed by atoms with Crippen LogP contribution in [-0.2, 0) is 9.84 Å². The molecule has 6 heteroatoms. The van der Waals surface area contributed by atoms with Crippen LogP contribution >= 0.6 is 0 Å². The molecule has 86 valence electrons. The number of anilines is 1. The third kappa shape index (κ3) is 2.16. The molecule has 0 amide bonds. The van der Waals surface area contributed by atoms with E-state index >= 15 is 0 Å². The highest BCUT2D eigenvalue weighted by molar-refractivity contribution is 7.90. The summed E-state index contributed by atoms with van der Waals surface area (Å²) in [4.78, 5) is 0.312. The molecule has 0 atom stereocenters. The lowest BCUT2D eigenvalue weighted by molar-refractivity contribution is 0.602. The minimum atomic E-state index is -3.13. The van der Waals surface area contributed by atoms with Gasteiger partial charge in [0.25, 0.3) is 0 Å². The van der Waals surface area contributed by atoms with Crippen LogP contribution in [0.3, 0.4) is 0 Å². The SMILES string of the molecule is CS(=O)(=O)c1ccc(N2CCC(N)=N2)cc1. The first-order valence-electron chi connectivity index (χ1n) is 4.87. The van der Waals surface area contributed by atoms with E-state index in [0.717, 1.165) is 18.7 Å². The Balaban J connectivity index is 2.27. The first kappa shape index (κ1) is 10.9. The van der Waals surface area contributed by atoms with Crippen molar-refractivity contribution in [3.8, 4) is 0 Å². The Morgan fingerprint density at radius 1 is 1.31 bits per heavy atom. The summed E-state index contributed by atoms with van der Waals surface area (Å²) in [6.45, 7) is 0.740. The topological polar surface area (TPSA) is 75.8 Å². The number of hydrogen-bond acceptors (Lipinski definition) is 5. The van der Waals surface area contributed by atoms with Crippen LogP contribution in [0.2, 0.25) is 0 Å². The van der Waals surface area contributed by atoms with Crippen molar-refractivity contribution < 1.29 is 8.42 Å². The van der Waals surface area contributed by atoms with E-state index in [4.69, 9.17) is 5.73 Å². The number of hydrazone groups is 1. The highest BCUT2D eigenvalue weighted by Crippen LogP contribution is 2.20. The molecular formula is C10H13N3O2S. The van der Waals surface area contributed by atoms with E-state index in [1.54, 1.807) is 29.3 Å². The van der Waals surface area contributed by atoms with E-state index in [-0.39, 0.29) is 0 Å². The van der Waals surface area contributed by atoms with Crippen LogP contribution < -0.4 is 10.7 Å². The molecule has 2 rings (SSSR count). The Labute approximate surface area is 94.5 Å². The monoisotopic (exact) mass is 239 g/mol. The lowest BCUT2D eigenvalue weighted by Gasteiger charge is -2.13. The number of hydrogen-bond donors (Lipinski definition) is 1.